The number of nitrogens with one attached hydrogen (secondary N) is 1. The third-order valence-corrected chi connectivity index (χ3v) is 6.70. The van der Waals surface area contributed by atoms with Crippen LogP contribution < -0.4 is 0 Å². The van der Waals surface area contributed by atoms with E-state index in [-0.39, 0.29) is 11.8 Å². The molecule has 0 atom stereocenters. The van der Waals surface area contributed by atoms with Crippen molar-refractivity contribution in [1.29, 1.82) is 5.26 Å². The van der Waals surface area contributed by atoms with E-state index < -0.39 is 0 Å². The number of aromatic amines is 1. The van der Waals surface area contributed by atoms with E-state index in [0.29, 0.717) is 5.69 Å². The molecule has 0 radical (unpaired) electrons. The number of hydrogen-bond acceptors (Lipinski definition) is 3. The second kappa shape index (κ2) is 7.28. The van der Waals surface area contributed by atoms with E-state index in [1.165, 1.54) is 0 Å². The van der Waals surface area contributed by atoms with Crippen LogP contribution in [0.3, 0.4) is 0 Å². The maximum atomic E-state index is 11.1. The van der Waals surface area contributed by atoms with Crippen molar-refractivity contribution in [3.8, 4) is 35.3 Å². The lowest BCUT2D eigenvalue weighted by Crippen LogP contribution is -2.01. The number of para-hydroxylation sites is 1. The Bertz CT molecular complexity index is 1930. The highest BCUT2D eigenvalue weighted by Crippen LogP contribution is 2.41. The molecule has 0 aliphatic heterocycles. The molecular formula is C29H21N5O. The lowest BCUT2D eigenvalue weighted by Gasteiger charge is -2.12. The smallest absolute Gasteiger partial charge is 0.186 e. The van der Waals surface area contributed by atoms with Crippen molar-refractivity contribution < 1.29 is 5.11 Å². The summed E-state index contributed by atoms with van der Waals surface area (Å²) < 4.78 is 4.07. The highest BCUT2D eigenvalue weighted by molar-refractivity contribution is 6.15. The summed E-state index contributed by atoms with van der Waals surface area (Å²) in [5, 5.41) is 30.5. The van der Waals surface area contributed by atoms with Crippen molar-refractivity contribution in [3.05, 3.63) is 66.4 Å². The van der Waals surface area contributed by atoms with Crippen LogP contribution in [0.25, 0.3) is 61.1 Å². The first-order chi connectivity index (χ1) is 17.0. The van der Waals surface area contributed by atoms with E-state index in [1.807, 2.05) is 34.9 Å². The molecule has 3 aromatic carbocycles. The number of fused-ring (bicyclic) bond motifs is 6. The summed E-state index contributed by atoms with van der Waals surface area (Å²) in [4.78, 5) is 0. The fourth-order valence-electron chi connectivity index (χ4n) is 5.29. The fraction of sp³-hybridized carbons (Fsp3) is 0.103. The minimum Gasteiger partial charge on any atom is -0.507 e. The number of phenolic OH excluding ortho intramolecular Hbond substituents is 1. The second-order valence-corrected chi connectivity index (χ2v) is 8.89. The predicted molar refractivity (Wildman–Crippen MR) is 141 cm³/mol. The summed E-state index contributed by atoms with van der Waals surface area (Å²) in [7, 11) is 0. The van der Waals surface area contributed by atoms with Crippen LogP contribution in [-0.4, -0.2) is 24.4 Å². The standard InChI is InChI=1S/C29H21N5O/c1-5-17-8-7-9-21-26-24(33(6-2)28(17)21)13-19(14-25(26)35)18-10-11-20-23(12-18)34(16(3)4)29-22(15-30)31-32-27(20)29/h1,6-14,16,35H,2H2,3-4H3,(H,31,32). The molecule has 0 aliphatic carbocycles. The van der Waals surface area contributed by atoms with E-state index in [4.69, 9.17) is 6.42 Å². The van der Waals surface area contributed by atoms with Gasteiger partial charge in [0.25, 0.3) is 0 Å². The van der Waals surface area contributed by atoms with Gasteiger partial charge >= 0.3 is 0 Å². The third kappa shape index (κ3) is 2.68. The molecular weight excluding hydrogens is 434 g/mol. The summed E-state index contributed by atoms with van der Waals surface area (Å²) in [6.45, 7) is 8.16. The summed E-state index contributed by atoms with van der Waals surface area (Å²) in [6, 6.07) is 18.1. The first-order valence-electron chi connectivity index (χ1n) is 11.3. The van der Waals surface area contributed by atoms with Gasteiger partial charge in [0.1, 0.15) is 17.3 Å². The Kier molecular flexibility index (Phi) is 4.30. The summed E-state index contributed by atoms with van der Waals surface area (Å²) in [5.41, 5.74) is 7.27. The quantitative estimate of drug-likeness (QED) is 0.298. The molecule has 2 N–H and O–H groups in total. The van der Waals surface area contributed by atoms with Crippen LogP contribution in [0.1, 0.15) is 31.1 Å². The largest absolute Gasteiger partial charge is 0.507 e. The molecule has 3 heterocycles. The number of benzene rings is 3. The lowest BCUT2D eigenvalue weighted by molar-refractivity contribution is 0.482. The Morgan fingerprint density at radius 2 is 1.89 bits per heavy atom. The van der Waals surface area contributed by atoms with Gasteiger partial charge in [0.2, 0.25) is 0 Å². The molecule has 168 valence electrons. The Hall–Kier alpha value is -4.94. The van der Waals surface area contributed by atoms with Gasteiger partial charge in [-0.2, -0.15) is 10.4 Å². The van der Waals surface area contributed by atoms with Crippen molar-refractivity contribution >= 4 is 49.9 Å². The van der Waals surface area contributed by atoms with Crippen LogP contribution in [-0.2, 0) is 0 Å². The number of hydrogen-bond donors (Lipinski definition) is 2. The van der Waals surface area contributed by atoms with E-state index >= 15 is 0 Å². The van der Waals surface area contributed by atoms with Crippen LogP contribution >= 0.6 is 0 Å². The Morgan fingerprint density at radius 3 is 2.60 bits per heavy atom. The summed E-state index contributed by atoms with van der Waals surface area (Å²) in [6.07, 6.45) is 7.49. The van der Waals surface area contributed by atoms with Gasteiger partial charge in [0, 0.05) is 34.0 Å². The highest BCUT2D eigenvalue weighted by atomic mass is 16.3. The first kappa shape index (κ1) is 20.7. The lowest BCUT2D eigenvalue weighted by atomic mass is 10.0. The minimum absolute atomic E-state index is 0.122. The number of aromatic hydroxyl groups is 1. The van der Waals surface area contributed by atoms with Gasteiger partial charge in [0.05, 0.1) is 22.1 Å². The van der Waals surface area contributed by atoms with E-state index in [9.17, 15) is 10.4 Å². The Morgan fingerprint density at radius 1 is 1.09 bits per heavy atom. The fourth-order valence-corrected chi connectivity index (χ4v) is 5.29. The van der Waals surface area contributed by atoms with Crippen molar-refractivity contribution in [2.75, 3.05) is 0 Å². The number of phenols is 1. The van der Waals surface area contributed by atoms with Crippen molar-refractivity contribution in [2.45, 2.75) is 19.9 Å². The van der Waals surface area contributed by atoms with E-state index in [0.717, 1.165) is 60.4 Å². The number of aromatic nitrogens is 4. The zero-order valence-electron chi connectivity index (χ0n) is 19.3. The molecule has 6 heteroatoms. The SMILES string of the molecule is C#Cc1cccc2c3c(O)cc(-c4ccc5c6[nH]nc(C#N)c6n(C(C)C)c5c4)cc3n(C=C)c12. The van der Waals surface area contributed by atoms with Crippen LogP contribution in [0.5, 0.6) is 5.75 Å². The van der Waals surface area contributed by atoms with Gasteiger partial charge in [-0.15, -0.1) is 6.42 Å². The maximum absolute atomic E-state index is 11.1. The van der Waals surface area contributed by atoms with Gasteiger partial charge in [-0.1, -0.05) is 36.8 Å². The average molecular weight is 456 g/mol. The topological polar surface area (TPSA) is 82.6 Å². The number of nitrogens with zero attached hydrogens (tertiary/aromatic N) is 4. The number of nitriles is 1. The van der Waals surface area contributed by atoms with Gasteiger partial charge in [0.15, 0.2) is 5.69 Å². The van der Waals surface area contributed by atoms with Crippen LogP contribution in [0, 0.1) is 23.7 Å². The monoisotopic (exact) mass is 455 g/mol. The molecule has 6 aromatic rings. The maximum Gasteiger partial charge on any atom is 0.186 e. The van der Waals surface area contributed by atoms with Crippen molar-refractivity contribution in [3.63, 3.8) is 0 Å². The van der Waals surface area contributed by atoms with Gasteiger partial charge in [-0.25, -0.2) is 0 Å². The van der Waals surface area contributed by atoms with Crippen molar-refractivity contribution in [2.24, 2.45) is 0 Å². The Balaban J connectivity index is 1.67. The molecule has 3 aromatic heterocycles. The molecule has 6 rings (SSSR count). The highest BCUT2D eigenvalue weighted by Gasteiger charge is 2.21. The van der Waals surface area contributed by atoms with Gasteiger partial charge < -0.3 is 14.2 Å². The van der Waals surface area contributed by atoms with Crippen LogP contribution in [0.2, 0.25) is 0 Å². The number of H-pyrrole nitrogens is 1. The molecule has 0 spiro atoms. The van der Waals surface area contributed by atoms with Crippen LogP contribution in [0.4, 0.5) is 0 Å². The Labute approximate surface area is 201 Å². The van der Waals surface area contributed by atoms with Gasteiger partial charge in [-0.3, -0.25) is 5.10 Å². The van der Waals surface area contributed by atoms with Gasteiger partial charge in [-0.05, 0) is 49.2 Å². The predicted octanol–water partition coefficient (Wildman–Crippen LogP) is 6.53. The molecule has 0 amide bonds. The first-order valence-corrected chi connectivity index (χ1v) is 11.3. The molecule has 0 bridgehead atoms. The summed E-state index contributed by atoms with van der Waals surface area (Å²) >= 11 is 0. The third-order valence-electron chi connectivity index (χ3n) is 6.70. The molecule has 0 aliphatic rings. The minimum atomic E-state index is 0.122. The average Bonchev–Trinajstić information content (AvgIpc) is 3.51. The van der Waals surface area contributed by atoms with Crippen molar-refractivity contribution in [1.82, 2.24) is 19.3 Å². The molecule has 0 unspecified atom stereocenters. The zero-order chi connectivity index (χ0) is 24.4. The molecule has 6 nitrogen and oxygen atoms in total. The van der Waals surface area contributed by atoms with Crippen LogP contribution in [0.15, 0.2) is 55.1 Å². The molecule has 35 heavy (non-hydrogen) atoms. The van der Waals surface area contributed by atoms with E-state index in [1.54, 1.807) is 12.3 Å². The molecule has 0 fully saturated rings. The number of rotatable bonds is 3. The molecule has 0 saturated heterocycles. The van der Waals surface area contributed by atoms with E-state index in [2.05, 4.69) is 59.3 Å². The normalized spacial score (nSPS) is 11.6. The second-order valence-electron chi connectivity index (χ2n) is 8.89. The zero-order valence-corrected chi connectivity index (χ0v) is 19.3. The molecule has 0 saturated carbocycles. The summed E-state index contributed by atoms with van der Waals surface area (Å²) in [5.74, 6) is 2.92. The number of terminal acetylenes is 1.